The number of rotatable bonds is 4. The minimum Gasteiger partial charge on any atom is -0.507 e. The molecule has 2 heterocycles. The maximum Gasteiger partial charge on any atom is 0.159 e. The van der Waals surface area contributed by atoms with Crippen molar-refractivity contribution in [3.05, 3.63) is 64.2 Å². The first-order valence-electron chi connectivity index (χ1n) is 10.3. The van der Waals surface area contributed by atoms with Crippen LogP contribution in [0.25, 0.3) is 0 Å². The number of phenols is 1. The molecule has 2 aromatic rings. The number of likely N-dealkylation sites (tertiary alicyclic amines) is 1. The smallest absolute Gasteiger partial charge is 0.159 e. The number of aryl methyl sites for hydroxylation is 1. The third-order valence-electron chi connectivity index (χ3n) is 6.37. The van der Waals surface area contributed by atoms with Gasteiger partial charge in [0.05, 0.1) is 12.2 Å². The second-order valence-electron chi connectivity index (χ2n) is 8.26. The summed E-state index contributed by atoms with van der Waals surface area (Å²) in [5.41, 5.74) is 9.59. The van der Waals surface area contributed by atoms with Gasteiger partial charge in [0.15, 0.2) is 11.6 Å². The number of piperidine rings is 1. The standard InChI is InChI=1S/C23H28F2N2O2/c1-14-2-4-17-18(23(14)28)11-21(29-22(17)12-26)16-6-8-27(9-7-16)13-15-3-5-19(24)20(25)10-15/h2-5,10,16,21-22,28H,6-9,11-13,26H2,1H3/t21-,22-/m0/s1. The molecular weight excluding hydrogens is 374 g/mol. The zero-order chi connectivity index (χ0) is 20.5. The van der Waals surface area contributed by atoms with E-state index in [9.17, 15) is 13.9 Å². The van der Waals surface area contributed by atoms with Crippen LogP contribution in [-0.4, -0.2) is 35.7 Å². The van der Waals surface area contributed by atoms with Crippen LogP contribution in [0, 0.1) is 24.5 Å². The molecule has 6 heteroatoms. The van der Waals surface area contributed by atoms with Crippen LogP contribution in [0.4, 0.5) is 8.78 Å². The van der Waals surface area contributed by atoms with Gasteiger partial charge in [0, 0.05) is 25.1 Å². The van der Waals surface area contributed by atoms with E-state index in [1.165, 1.54) is 12.1 Å². The molecule has 4 rings (SSSR count). The zero-order valence-electron chi connectivity index (χ0n) is 16.7. The Morgan fingerprint density at radius 3 is 2.59 bits per heavy atom. The monoisotopic (exact) mass is 402 g/mol. The van der Waals surface area contributed by atoms with Crippen molar-refractivity contribution in [2.24, 2.45) is 11.7 Å². The van der Waals surface area contributed by atoms with Gasteiger partial charge in [-0.25, -0.2) is 8.78 Å². The second kappa shape index (κ2) is 8.38. The lowest BCUT2D eigenvalue weighted by atomic mass is 9.83. The van der Waals surface area contributed by atoms with Crippen LogP contribution in [0.2, 0.25) is 0 Å². The van der Waals surface area contributed by atoms with Crippen LogP contribution in [0.3, 0.4) is 0 Å². The SMILES string of the molecule is Cc1ccc2c(c1O)C[C@@H](C1CCN(Cc3ccc(F)c(F)c3)CC1)O[C@H]2CN. The third kappa shape index (κ3) is 4.15. The molecule has 0 unspecified atom stereocenters. The number of hydrogen-bond acceptors (Lipinski definition) is 4. The minimum absolute atomic E-state index is 0.0363. The summed E-state index contributed by atoms with van der Waals surface area (Å²) < 4.78 is 32.9. The number of nitrogens with zero attached hydrogens (tertiary/aromatic N) is 1. The van der Waals surface area contributed by atoms with Crippen LogP contribution >= 0.6 is 0 Å². The number of ether oxygens (including phenoxy) is 1. The number of phenolic OH excluding ortho intramolecular Hbond substituents is 1. The highest BCUT2D eigenvalue weighted by Gasteiger charge is 2.35. The van der Waals surface area contributed by atoms with Crippen molar-refractivity contribution in [3.63, 3.8) is 0 Å². The first-order chi connectivity index (χ1) is 14.0. The number of halogens is 2. The molecule has 0 saturated carbocycles. The van der Waals surface area contributed by atoms with Gasteiger partial charge >= 0.3 is 0 Å². The fourth-order valence-electron chi connectivity index (χ4n) is 4.66. The van der Waals surface area contributed by atoms with Gasteiger partial charge < -0.3 is 15.6 Å². The number of nitrogens with two attached hydrogens (primary N) is 1. The molecule has 2 atom stereocenters. The summed E-state index contributed by atoms with van der Waals surface area (Å²) in [5.74, 6) is -0.854. The van der Waals surface area contributed by atoms with E-state index in [0.717, 1.165) is 48.2 Å². The quantitative estimate of drug-likeness (QED) is 0.816. The van der Waals surface area contributed by atoms with Crippen LogP contribution < -0.4 is 5.73 Å². The summed E-state index contributed by atoms with van der Waals surface area (Å²) >= 11 is 0. The predicted molar refractivity (Wildman–Crippen MR) is 108 cm³/mol. The number of aromatic hydroxyl groups is 1. The van der Waals surface area contributed by atoms with E-state index in [2.05, 4.69) is 4.90 Å². The molecule has 0 aliphatic carbocycles. The van der Waals surface area contributed by atoms with Crippen LogP contribution in [0.15, 0.2) is 30.3 Å². The first-order valence-corrected chi connectivity index (χ1v) is 10.3. The lowest BCUT2D eigenvalue weighted by Gasteiger charge is -2.40. The molecule has 2 aromatic carbocycles. The van der Waals surface area contributed by atoms with Crippen molar-refractivity contribution in [2.45, 2.75) is 44.9 Å². The van der Waals surface area contributed by atoms with Crippen molar-refractivity contribution in [1.29, 1.82) is 0 Å². The molecule has 0 aromatic heterocycles. The molecule has 1 saturated heterocycles. The Balaban J connectivity index is 1.40. The number of hydrogen-bond donors (Lipinski definition) is 2. The summed E-state index contributed by atoms with van der Waals surface area (Å²) in [6, 6.07) is 8.04. The fourth-order valence-corrected chi connectivity index (χ4v) is 4.66. The van der Waals surface area contributed by atoms with Gasteiger partial charge in [-0.2, -0.15) is 0 Å². The Morgan fingerprint density at radius 2 is 1.90 bits per heavy atom. The Morgan fingerprint density at radius 1 is 1.14 bits per heavy atom. The lowest BCUT2D eigenvalue weighted by molar-refractivity contribution is -0.0651. The first kappa shape index (κ1) is 20.3. The molecule has 2 aliphatic rings. The summed E-state index contributed by atoms with van der Waals surface area (Å²) in [4.78, 5) is 2.27. The van der Waals surface area contributed by atoms with Crippen LogP contribution in [-0.2, 0) is 17.7 Å². The maximum atomic E-state index is 13.5. The van der Waals surface area contributed by atoms with Gasteiger partial charge in [-0.05, 0) is 67.6 Å². The zero-order valence-corrected chi connectivity index (χ0v) is 16.7. The van der Waals surface area contributed by atoms with Gasteiger partial charge in [0.1, 0.15) is 5.75 Å². The Hall–Kier alpha value is -2.02. The third-order valence-corrected chi connectivity index (χ3v) is 6.37. The normalized spacial score (nSPS) is 23.2. The van der Waals surface area contributed by atoms with Gasteiger partial charge in [-0.3, -0.25) is 4.90 Å². The average molecular weight is 402 g/mol. The average Bonchev–Trinajstić information content (AvgIpc) is 2.73. The van der Waals surface area contributed by atoms with Gasteiger partial charge in [0.25, 0.3) is 0 Å². The Bertz CT molecular complexity index is 881. The van der Waals surface area contributed by atoms with Crippen LogP contribution in [0.1, 0.15) is 41.2 Å². The van der Waals surface area contributed by atoms with Crippen molar-refractivity contribution in [1.82, 2.24) is 4.90 Å². The van der Waals surface area contributed by atoms with E-state index in [1.54, 1.807) is 6.07 Å². The van der Waals surface area contributed by atoms with Crippen LogP contribution in [0.5, 0.6) is 5.75 Å². The Labute approximate surface area is 170 Å². The molecule has 0 bridgehead atoms. The predicted octanol–water partition coefficient (Wildman–Crippen LogP) is 3.83. The highest BCUT2D eigenvalue weighted by Crippen LogP contribution is 2.40. The highest BCUT2D eigenvalue weighted by molar-refractivity contribution is 5.47. The van der Waals surface area contributed by atoms with Gasteiger partial charge in [0.2, 0.25) is 0 Å². The lowest BCUT2D eigenvalue weighted by Crippen LogP contribution is -2.42. The largest absolute Gasteiger partial charge is 0.507 e. The highest BCUT2D eigenvalue weighted by atomic mass is 19.2. The number of benzene rings is 2. The van der Waals surface area contributed by atoms with E-state index in [4.69, 9.17) is 10.5 Å². The van der Waals surface area contributed by atoms with Gasteiger partial charge in [-0.1, -0.05) is 18.2 Å². The molecule has 3 N–H and O–H groups in total. The molecule has 2 aliphatic heterocycles. The second-order valence-corrected chi connectivity index (χ2v) is 8.26. The summed E-state index contributed by atoms with van der Waals surface area (Å²) in [6.45, 7) is 4.67. The minimum atomic E-state index is -0.810. The van der Waals surface area contributed by atoms with E-state index in [-0.39, 0.29) is 12.2 Å². The number of fused-ring (bicyclic) bond motifs is 1. The molecule has 4 nitrogen and oxygen atoms in total. The summed E-state index contributed by atoms with van der Waals surface area (Å²) in [6.07, 6.45) is 2.48. The van der Waals surface area contributed by atoms with Gasteiger partial charge in [-0.15, -0.1) is 0 Å². The van der Waals surface area contributed by atoms with E-state index >= 15 is 0 Å². The van der Waals surface area contributed by atoms with Crippen molar-refractivity contribution in [3.8, 4) is 5.75 Å². The topological polar surface area (TPSA) is 58.7 Å². The molecule has 0 spiro atoms. The molecule has 29 heavy (non-hydrogen) atoms. The molecule has 0 radical (unpaired) electrons. The Kier molecular flexibility index (Phi) is 5.86. The summed E-state index contributed by atoms with van der Waals surface area (Å²) in [7, 11) is 0. The van der Waals surface area contributed by atoms with E-state index < -0.39 is 11.6 Å². The van der Waals surface area contributed by atoms with E-state index in [1.807, 2.05) is 19.1 Å². The molecule has 156 valence electrons. The molecule has 1 fully saturated rings. The molecular formula is C23H28F2N2O2. The summed E-state index contributed by atoms with van der Waals surface area (Å²) in [5, 5.41) is 10.6. The van der Waals surface area contributed by atoms with E-state index in [0.29, 0.717) is 31.2 Å². The van der Waals surface area contributed by atoms with Crippen molar-refractivity contribution < 1.29 is 18.6 Å². The van der Waals surface area contributed by atoms with Crippen molar-refractivity contribution >= 4 is 0 Å². The van der Waals surface area contributed by atoms with Crippen molar-refractivity contribution in [2.75, 3.05) is 19.6 Å². The maximum absolute atomic E-state index is 13.5. The fraction of sp³-hybridized carbons (Fsp3) is 0.478. The molecule has 0 amide bonds.